The Kier molecular flexibility index (Phi) is 4.92. The first-order chi connectivity index (χ1) is 11.2. The van der Waals surface area contributed by atoms with Gasteiger partial charge in [0.25, 0.3) is 0 Å². The van der Waals surface area contributed by atoms with Gasteiger partial charge in [-0.15, -0.1) is 0 Å². The van der Waals surface area contributed by atoms with Crippen LogP contribution in [0, 0.1) is 0 Å². The molecule has 6 nitrogen and oxygen atoms in total. The summed E-state index contributed by atoms with van der Waals surface area (Å²) in [6, 6.07) is 7.50. The third-order valence-corrected chi connectivity index (χ3v) is 4.02. The minimum absolute atomic E-state index is 0.173. The number of aromatic nitrogens is 2. The Morgan fingerprint density at radius 3 is 2.61 bits per heavy atom. The molecule has 122 valence electrons. The van der Waals surface area contributed by atoms with E-state index in [-0.39, 0.29) is 5.56 Å². The lowest BCUT2D eigenvalue weighted by molar-refractivity contribution is 0.0697. The van der Waals surface area contributed by atoms with Crippen LogP contribution in [0.1, 0.15) is 29.6 Å². The summed E-state index contributed by atoms with van der Waals surface area (Å²) in [5.41, 5.74) is 0.981. The first-order valence-electron chi connectivity index (χ1n) is 7.96. The number of hydrogen-bond acceptors (Lipinski definition) is 4. The molecule has 0 aliphatic carbocycles. The van der Waals surface area contributed by atoms with Crippen molar-refractivity contribution in [2.24, 2.45) is 0 Å². The topological polar surface area (TPSA) is 67.6 Å². The molecule has 1 saturated heterocycles. The summed E-state index contributed by atoms with van der Waals surface area (Å²) in [6.07, 6.45) is 6.50. The SMILES string of the molecule is O=C(O)c1cnn(-c2ccc(OCCCN3CCCC3)cc2)c1. The average molecular weight is 315 g/mol. The highest BCUT2D eigenvalue weighted by Gasteiger charge is 2.10. The van der Waals surface area contributed by atoms with E-state index >= 15 is 0 Å². The van der Waals surface area contributed by atoms with Crippen molar-refractivity contribution < 1.29 is 14.6 Å². The average Bonchev–Trinajstić information content (AvgIpc) is 3.24. The smallest absolute Gasteiger partial charge is 0.338 e. The molecule has 0 spiro atoms. The molecule has 1 aliphatic rings. The van der Waals surface area contributed by atoms with Crippen molar-refractivity contribution in [2.45, 2.75) is 19.3 Å². The van der Waals surface area contributed by atoms with Gasteiger partial charge in [-0.25, -0.2) is 9.48 Å². The van der Waals surface area contributed by atoms with Crippen molar-refractivity contribution in [1.29, 1.82) is 0 Å². The molecule has 1 aromatic carbocycles. The molecule has 0 unspecified atom stereocenters. The molecular weight excluding hydrogens is 294 g/mol. The molecule has 0 saturated carbocycles. The zero-order valence-electron chi connectivity index (χ0n) is 13.0. The molecule has 23 heavy (non-hydrogen) atoms. The number of ether oxygens (including phenoxy) is 1. The van der Waals surface area contributed by atoms with Gasteiger partial charge in [0.05, 0.1) is 24.1 Å². The van der Waals surface area contributed by atoms with Crippen LogP contribution in [0.25, 0.3) is 5.69 Å². The van der Waals surface area contributed by atoms with Crippen LogP contribution in [0.15, 0.2) is 36.7 Å². The summed E-state index contributed by atoms with van der Waals surface area (Å²) in [5.74, 6) is -0.157. The van der Waals surface area contributed by atoms with Gasteiger partial charge in [-0.05, 0) is 56.6 Å². The molecule has 0 radical (unpaired) electrons. The van der Waals surface area contributed by atoms with Crippen molar-refractivity contribution in [3.63, 3.8) is 0 Å². The summed E-state index contributed by atoms with van der Waals surface area (Å²) in [5, 5.41) is 13.0. The normalized spacial score (nSPS) is 15.0. The van der Waals surface area contributed by atoms with Gasteiger partial charge < -0.3 is 14.7 Å². The number of hydrogen-bond donors (Lipinski definition) is 1. The molecule has 1 aromatic heterocycles. The zero-order chi connectivity index (χ0) is 16.1. The van der Waals surface area contributed by atoms with E-state index in [1.807, 2.05) is 24.3 Å². The highest BCUT2D eigenvalue weighted by atomic mass is 16.5. The van der Waals surface area contributed by atoms with Crippen LogP contribution in [0.5, 0.6) is 5.75 Å². The molecule has 2 aromatic rings. The van der Waals surface area contributed by atoms with E-state index < -0.39 is 5.97 Å². The fraction of sp³-hybridized carbons (Fsp3) is 0.412. The first kappa shape index (κ1) is 15.6. The molecule has 1 N–H and O–H groups in total. The van der Waals surface area contributed by atoms with Gasteiger partial charge in [0.15, 0.2) is 0 Å². The van der Waals surface area contributed by atoms with E-state index in [9.17, 15) is 4.79 Å². The molecule has 0 atom stereocenters. The highest BCUT2D eigenvalue weighted by molar-refractivity contribution is 5.86. The maximum Gasteiger partial charge on any atom is 0.338 e. The van der Waals surface area contributed by atoms with Crippen LogP contribution in [-0.2, 0) is 0 Å². The Hall–Kier alpha value is -2.34. The van der Waals surface area contributed by atoms with Gasteiger partial charge >= 0.3 is 5.97 Å². The Morgan fingerprint density at radius 2 is 1.96 bits per heavy atom. The number of likely N-dealkylation sites (tertiary alicyclic amines) is 1. The quantitative estimate of drug-likeness (QED) is 0.795. The Morgan fingerprint density at radius 1 is 1.22 bits per heavy atom. The summed E-state index contributed by atoms with van der Waals surface area (Å²) in [6.45, 7) is 4.25. The Labute approximate surface area is 135 Å². The summed E-state index contributed by atoms with van der Waals surface area (Å²) in [7, 11) is 0. The van der Waals surface area contributed by atoms with Crippen LogP contribution in [0.4, 0.5) is 0 Å². The van der Waals surface area contributed by atoms with E-state index in [0.29, 0.717) is 6.61 Å². The van der Waals surface area contributed by atoms with Gasteiger partial charge in [0.2, 0.25) is 0 Å². The van der Waals surface area contributed by atoms with Crippen LogP contribution in [0.2, 0.25) is 0 Å². The summed E-state index contributed by atoms with van der Waals surface area (Å²) >= 11 is 0. The van der Waals surface area contributed by atoms with Gasteiger partial charge in [-0.2, -0.15) is 5.10 Å². The van der Waals surface area contributed by atoms with Crippen LogP contribution < -0.4 is 4.74 Å². The number of carboxylic acids is 1. The predicted octanol–water partition coefficient (Wildman–Crippen LogP) is 2.44. The monoisotopic (exact) mass is 315 g/mol. The molecule has 1 aliphatic heterocycles. The van der Waals surface area contributed by atoms with Crippen LogP contribution in [0.3, 0.4) is 0 Å². The highest BCUT2D eigenvalue weighted by Crippen LogP contribution is 2.16. The second kappa shape index (κ2) is 7.28. The van der Waals surface area contributed by atoms with E-state index in [1.54, 1.807) is 4.68 Å². The number of carboxylic acid groups (broad SMARTS) is 1. The molecule has 2 heterocycles. The molecular formula is C17H21N3O3. The van der Waals surface area contributed by atoms with E-state index in [1.165, 1.54) is 38.3 Å². The molecule has 3 rings (SSSR count). The Balaban J connectivity index is 1.49. The van der Waals surface area contributed by atoms with Gasteiger partial charge in [-0.3, -0.25) is 0 Å². The van der Waals surface area contributed by atoms with Gasteiger partial charge in [0.1, 0.15) is 5.75 Å². The largest absolute Gasteiger partial charge is 0.494 e. The van der Waals surface area contributed by atoms with Crippen molar-refractivity contribution in [3.05, 3.63) is 42.2 Å². The minimum atomic E-state index is -0.978. The third-order valence-electron chi connectivity index (χ3n) is 4.02. The van der Waals surface area contributed by atoms with Crippen molar-refractivity contribution in [2.75, 3.05) is 26.2 Å². The first-order valence-corrected chi connectivity index (χ1v) is 7.96. The van der Waals surface area contributed by atoms with E-state index in [4.69, 9.17) is 9.84 Å². The fourth-order valence-corrected chi connectivity index (χ4v) is 2.75. The van der Waals surface area contributed by atoms with E-state index in [0.717, 1.165) is 24.4 Å². The second-order valence-corrected chi connectivity index (χ2v) is 5.72. The lowest BCUT2D eigenvalue weighted by atomic mass is 10.3. The molecule has 0 bridgehead atoms. The fourth-order valence-electron chi connectivity index (χ4n) is 2.75. The second-order valence-electron chi connectivity index (χ2n) is 5.72. The summed E-state index contributed by atoms with van der Waals surface area (Å²) < 4.78 is 7.29. The molecule has 0 amide bonds. The number of benzene rings is 1. The molecule has 6 heteroatoms. The van der Waals surface area contributed by atoms with Crippen LogP contribution >= 0.6 is 0 Å². The van der Waals surface area contributed by atoms with E-state index in [2.05, 4.69) is 10.00 Å². The predicted molar refractivity (Wildman–Crippen MR) is 86.3 cm³/mol. The van der Waals surface area contributed by atoms with Gasteiger partial charge in [-0.1, -0.05) is 0 Å². The maximum absolute atomic E-state index is 10.9. The Bertz CT molecular complexity index is 645. The number of nitrogens with zero attached hydrogens (tertiary/aromatic N) is 3. The standard InChI is InChI=1S/C17H21N3O3/c21-17(22)14-12-18-20(13-14)15-4-6-16(7-5-15)23-11-3-10-19-8-1-2-9-19/h4-7,12-13H,1-3,8-11H2,(H,21,22). The number of carbonyl (C=O) groups is 1. The van der Waals surface area contributed by atoms with Crippen molar-refractivity contribution in [3.8, 4) is 11.4 Å². The number of aromatic carboxylic acids is 1. The third kappa shape index (κ3) is 4.10. The van der Waals surface area contributed by atoms with Crippen molar-refractivity contribution in [1.82, 2.24) is 14.7 Å². The summed E-state index contributed by atoms with van der Waals surface area (Å²) in [4.78, 5) is 13.3. The van der Waals surface area contributed by atoms with Crippen molar-refractivity contribution >= 4 is 5.97 Å². The zero-order valence-corrected chi connectivity index (χ0v) is 13.0. The lowest BCUT2D eigenvalue weighted by Crippen LogP contribution is -2.21. The van der Waals surface area contributed by atoms with Gasteiger partial charge in [0, 0.05) is 12.7 Å². The minimum Gasteiger partial charge on any atom is -0.494 e. The number of rotatable bonds is 7. The molecule has 1 fully saturated rings. The maximum atomic E-state index is 10.9. The van der Waals surface area contributed by atoms with Crippen LogP contribution in [-0.4, -0.2) is 52.0 Å². The lowest BCUT2D eigenvalue weighted by Gasteiger charge is -2.14.